The van der Waals surface area contributed by atoms with E-state index < -0.39 is 0 Å². The molecule has 22 heavy (non-hydrogen) atoms. The Hall–Kier alpha value is -1.75. The summed E-state index contributed by atoms with van der Waals surface area (Å²) in [6.07, 6.45) is 2.99. The van der Waals surface area contributed by atoms with Gasteiger partial charge in [0.1, 0.15) is 6.04 Å². The average molecular weight is 307 g/mol. The first kappa shape index (κ1) is 16.6. The van der Waals surface area contributed by atoms with Gasteiger partial charge in [-0.25, -0.2) is 0 Å². The third-order valence-corrected chi connectivity index (χ3v) is 3.88. The highest BCUT2D eigenvalue weighted by Crippen LogP contribution is 2.28. The SMILES string of the molecule is CCOC(=O)[C@@H]1CCCCN1Cc1ccc(O)c(OCC)c1. The fourth-order valence-corrected chi connectivity index (χ4v) is 2.85. The standard InChI is InChI=1S/C17H25NO4/c1-3-21-16-11-13(8-9-15(16)19)12-18-10-6-5-7-14(18)17(20)22-4-2/h8-9,11,14,19H,3-7,10,12H2,1-2H3/t14-/m0/s1. The van der Waals surface area contributed by atoms with Crippen molar-refractivity contribution in [2.75, 3.05) is 19.8 Å². The molecule has 0 unspecified atom stereocenters. The van der Waals surface area contributed by atoms with Gasteiger partial charge < -0.3 is 14.6 Å². The number of carbonyl (C=O) groups excluding carboxylic acids is 1. The van der Waals surface area contributed by atoms with Gasteiger partial charge >= 0.3 is 5.97 Å². The van der Waals surface area contributed by atoms with Crippen LogP contribution in [0.2, 0.25) is 0 Å². The Balaban J connectivity index is 2.09. The van der Waals surface area contributed by atoms with Crippen LogP contribution >= 0.6 is 0 Å². The van der Waals surface area contributed by atoms with Crippen LogP contribution in [-0.2, 0) is 16.1 Å². The minimum absolute atomic E-state index is 0.133. The molecule has 0 amide bonds. The fourth-order valence-electron chi connectivity index (χ4n) is 2.85. The van der Waals surface area contributed by atoms with Crippen LogP contribution in [0.1, 0.15) is 38.7 Å². The van der Waals surface area contributed by atoms with E-state index in [-0.39, 0.29) is 17.8 Å². The van der Waals surface area contributed by atoms with E-state index in [9.17, 15) is 9.90 Å². The third kappa shape index (κ3) is 4.13. The highest BCUT2D eigenvalue weighted by molar-refractivity contribution is 5.75. The maximum Gasteiger partial charge on any atom is 0.323 e. The number of piperidine rings is 1. The fraction of sp³-hybridized carbons (Fsp3) is 0.588. The van der Waals surface area contributed by atoms with Gasteiger partial charge in [-0.15, -0.1) is 0 Å². The van der Waals surface area contributed by atoms with Gasteiger partial charge in [0.25, 0.3) is 0 Å². The van der Waals surface area contributed by atoms with Crippen LogP contribution in [0.3, 0.4) is 0 Å². The molecule has 1 N–H and O–H groups in total. The molecule has 1 aromatic rings. The number of benzene rings is 1. The monoisotopic (exact) mass is 307 g/mol. The molecule has 2 rings (SSSR count). The minimum atomic E-state index is -0.168. The van der Waals surface area contributed by atoms with Crippen molar-refractivity contribution in [3.63, 3.8) is 0 Å². The highest BCUT2D eigenvalue weighted by Gasteiger charge is 2.29. The van der Waals surface area contributed by atoms with Crippen LogP contribution in [0.25, 0.3) is 0 Å². The van der Waals surface area contributed by atoms with Gasteiger partial charge in [-0.3, -0.25) is 9.69 Å². The molecule has 0 aromatic heterocycles. The number of nitrogens with zero attached hydrogens (tertiary/aromatic N) is 1. The van der Waals surface area contributed by atoms with E-state index in [4.69, 9.17) is 9.47 Å². The number of aromatic hydroxyl groups is 1. The molecule has 122 valence electrons. The molecule has 1 heterocycles. The second-order valence-electron chi connectivity index (χ2n) is 5.47. The summed E-state index contributed by atoms with van der Waals surface area (Å²) in [4.78, 5) is 14.3. The van der Waals surface area contributed by atoms with Crippen LogP contribution in [0, 0.1) is 0 Å². The van der Waals surface area contributed by atoms with E-state index in [1.165, 1.54) is 0 Å². The van der Waals surface area contributed by atoms with Crippen molar-refractivity contribution in [3.05, 3.63) is 23.8 Å². The Kier molecular flexibility index (Phi) is 6.07. The first-order chi connectivity index (χ1) is 10.7. The predicted octanol–water partition coefficient (Wildman–Crippen LogP) is 2.71. The maximum atomic E-state index is 12.1. The summed E-state index contributed by atoms with van der Waals surface area (Å²) in [7, 11) is 0. The number of ether oxygens (including phenoxy) is 2. The predicted molar refractivity (Wildman–Crippen MR) is 84.0 cm³/mol. The molecular formula is C17H25NO4. The zero-order valence-corrected chi connectivity index (χ0v) is 13.4. The lowest BCUT2D eigenvalue weighted by Crippen LogP contribution is -2.44. The maximum absolute atomic E-state index is 12.1. The van der Waals surface area contributed by atoms with Crippen molar-refractivity contribution in [2.24, 2.45) is 0 Å². The molecule has 1 aliphatic rings. The molecule has 1 saturated heterocycles. The van der Waals surface area contributed by atoms with E-state index in [0.29, 0.717) is 25.5 Å². The van der Waals surface area contributed by atoms with Crippen LogP contribution in [0.5, 0.6) is 11.5 Å². The van der Waals surface area contributed by atoms with Crippen molar-refractivity contribution in [3.8, 4) is 11.5 Å². The molecule has 0 spiro atoms. The van der Waals surface area contributed by atoms with Gasteiger partial charge in [-0.05, 0) is 50.9 Å². The number of rotatable bonds is 6. The highest BCUT2D eigenvalue weighted by atomic mass is 16.5. The summed E-state index contributed by atoms with van der Waals surface area (Å²) in [6.45, 7) is 6.17. The summed E-state index contributed by atoms with van der Waals surface area (Å²) in [6, 6.07) is 5.19. The van der Waals surface area contributed by atoms with Gasteiger partial charge in [0.05, 0.1) is 13.2 Å². The molecule has 0 radical (unpaired) electrons. The van der Waals surface area contributed by atoms with E-state index in [2.05, 4.69) is 4.90 Å². The summed E-state index contributed by atoms with van der Waals surface area (Å²) >= 11 is 0. The number of hydrogen-bond acceptors (Lipinski definition) is 5. The number of esters is 1. The summed E-state index contributed by atoms with van der Waals surface area (Å²) in [5, 5.41) is 9.77. The first-order valence-electron chi connectivity index (χ1n) is 8.01. The molecule has 1 aliphatic heterocycles. The molecule has 1 fully saturated rings. The quantitative estimate of drug-likeness (QED) is 0.819. The van der Waals surface area contributed by atoms with Crippen molar-refractivity contribution >= 4 is 5.97 Å². The Bertz CT molecular complexity index is 503. The van der Waals surface area contributed by atoms with Crippen LogP contribution < -0.4 is 4.74 Å². The van der Waals surface area contributed by atoms with Crippen molar-refractivity contribution < 1.29 is 19.4 Å². The van der Waals surface area contributed by atoms with Crippen LogP contribution in [0.4, 0.5) is 0 Å². The number of likely N-dealkylation sites (tertiary alicyclic amines) is 1. The van der Waals surface area contributed by atoms with Gasteiger partial charge in [-0.1, -0.05) is 12.5 Å². The molecular weight excluding hydrogens is 282 g/mol. The number of hydrogen-bond donors (Lipinski definition) is 1. The number of phenolic OH excluding ortho intramolecular Hbond substituents is 1. The van der Waals surface area contributed by atoms with Crippen LogP contribution in [0.15, 0.2) is 18.2 Å². The summed E-state index contributed by atoms with van der Waals surface area (Å²) in [5.41, 5.74) is 1.03. The van der Waals surface area contributed by atoms with Crippen LogP contribution in [-0.4, -0.2) is 41.8 Å². The summed E-state index contributed by atoms with van der Waals surface area (Å²) in [5.74, 6) is 0.502. The molecule has 5 nitrogen and oxygen atoms in total. The molecule has 1 atom stereocenters. The van der Waals surface area contributed by atoms with Crippen molar-refractivity contribution in [1.82, 2.24) is 4.90 Å². The van der Waals surface area contributed by atoms with E-state index in [1.807, 2.05) is 26.0 Å². The average Bonchev–Trinajstić information content (AvgIpc) is 2.51. The molecule has 0 bridgehead atoms. The number of phenols is 1. The lowest BCUT2D eigenvalue weighted by molar-refractivity contribution is -0.151. The molecule has 0 saturated carbocycles. The minimum Gasteiger partial charge on any atom is -0.504 e. The lowest BCUT2D eigenvalue weighted by atomic mass is 10.0. The van der Waals surface area contributed by atoms with Gasteiger partial charge in [0, 0.05) is 6.54 Å². The lowest BCUT2D eigenvalue weighted by Gasteiger charge is -2.34. The van der Waals surface area contributed by atoms with E-state index in [1.54, 1.807) is 6.07 Å². The zero-order valence-electron chi connectivity index (χ0n) is 13.4. The second kappa shape index (κ2) is 8.03. The Morgan fingerprint density at radius 2 is 2.14 bits per heavy atom. The van der Waals surface area contributed by atoms with E-state index in [0.717, 1.165) is 31.4 Å². The largest absolute Gasteiger partial charge is 0.504 e. The topological polar surface area (TPSA) is 59.0 Å². The van der Waals surface area contributed by atoms with Gasteiger partial charge in [0.15, 0.2) is 11.5 Å². The summed E-state index contributed by atoms with van der Waals surface area (Å²) < 4.78 is 10.6. The van der Waals surface area contributed by atoms with E-state index >= 15 is 0 Å². The molecule has 5 heteroatoms. The van der Waals surface area contributed by atoms with Crippen molar-refractivity contribution in [2.45, 2.75) is 45.7 Å². The Labute approximate surface area is 131 Å². The smallest absolute Gasteiger partial charge is 0.323 e. The Morgan fingerprint density at radius 1 is 1.32 bits per heavy atom. The third-order valence-electron chi connectivity index (χ3n) is 3.88. The number of carbonyl (C=O) groups is 1. The normalized spacial score (nSPS) is 18.9. The van der Waals surface area contributed by atoms with Gasteiger partial charge in [0.2, 0.25) is 0 Å². The van der Waals surface area contributed by atoms with Gasteiger partial charge in [-0.2, -0.15) is 0 Å². The molecule has 0 aliphatic carbocycles. The first-order valence-corrected chi connectivity index (χ1v) is 8.01. The molecule has 1 aromatic carbocycles. The Morgan fingerprint density at radius 3 is 2.86 bits per heavy atom. The zero-order chi connectivity index (χ0) is 15.9. The van der Waals surface area contributed by atoms with Crippen molar-refractivity contribution in [1.29, 1.82) is 0 Å². The second-order valence-corrected chi connectivity index (χ2v) is 5.47.